The summed E-state index contributed by atoms with van der Waals surface area (Å²) in [7, 11) is 1.64. The molecule has 3 fully saturated rings. The number of anilines is 1. The number of hydrogen-bond donors (Lipinski definition) is 2. The number of fused-ring (bicyclic) bond motifs is 5. The molecule has 2 N–H and O–H groups in total. The molecule has 5 unspecified atom stereocenters. The number of methoxy groups -OCH3 is 1. The number of amides is 2. The maximum Gasteiger partial charge on any atom is 0.321 e. The van der Waals surface area contributed by atoms with E-state index in [1.807, 2.05) is 5.38 Å². The lowest BCUT2D eigenvalue weighted by Gasteiger charge is -2.31. The third-order valence-electron chi connectivity index (χ3n) is 5.81. The molecule has 1 aromatic rings. The van der Waals surface area contributed by atoms with Gasteiger partial charge in [-0.05, 0) is 49.4 Å². The number of nitrogens with one attached hydrogen (secondary N) is 2. The first-order valence-corrected chi connectivity index (χ1v) is 9.13. The second-order valence-corrected chi connectivity index (χ2v) is 7.79. The molecular weight excluding hydrogens is 298 g/mol. The van der Waals surface area contributed by atoms with Crippen molar-refractivity contribution in [2.75, 3.05) is 12.4 Å². The van der Waals surface area contributed by atoms with Crippen LogP contribution in [0.2, 0.25) is 0 Å². The fourth-order valence-corrected chi connectivity index (χ4v) is 5.80. The van der Waals surface area contributed by atoms with Crippen molar-refractivity contribution >= 4 is 22.5 Å². The van der Waals surface area contributed by atoms with Gasteiger partial charge in [-0.25, -0.2) is 9.78 Å². The molecule has 4 rings (SSSR count). The average molecular weight is 321 g/mol. The largest absolute Gasteiger partial charge is 0.378 e. The van der Waals surface area contributed by atoms with E-state index < -0.39 is 0 Å². The summed E-state index contributed by atoms with van der Waals surface area (Å²) in [5, 5.41) is 8.63. The van der Waals surface area contributed by atoms with Gasteiger partial charge in [-0.2, -0.15) is 0 Å². The normalized spacial score (nSPS) is 35.6. The van der Waals surface area contributed by atoms with Crippen LogP contribution in [0.4, 0.5) is 9.93 Å². The Kier molecular flexibility index (Phi) is 3.82. The van der Waals surface area contributed by atoms with Crippen LogP contribution in [0.25, 0.3) is 0 Å². The monoisotopic (exact) mass is 321 g/mol. The Hall–Kier alpha value is -1.14. The molecule has 1 heterocycles. The van der Waals surface area contributed by atoms with Gasteiger partial charge in [0, 0.05) is 18.5 Å². The van der Waals surface area contributed by atoms with E-state index >= 15 is 0 Å². The first kappa shape index (κ1) is 14.5. The van der Waals surface area contributed by atoms with E-state index in [2.05, 4.69) is 15.6 Å². The van der Waals surface area contributed by atoms with Crippen LogP contribution < -0.4 is 10.6 Å². The summed E-state index contributed by atoms with van der Waals surface area (Å²) in [6.45, 7) is 0.481. The summed E-state index contributed by atoms with van der Waals surface area (Å²) in [6.07, 6.45) is 6.69. The van der Waals surface area contributed by atoms with Gasteiger partial charge in [0.1, 0.15) is 0 Å². The molecule has 0 spiro atoms. The lowest BCUT2D eigenvalue weighted by atomic mass is 9.79. The number of ether oxygens (including phenoxy) is 1. The van der Waals surface area contributed by atoms with Crippen LogP contribution in [-0.2, 0) is 11.3 Å². The summed E-state index contributed by atoms with van der Waals surface area (Å²) in [6, 6.07) is 0.258. The Morgan fingerprint density at radius 2 is 2.23 bits per heavy atom. The van der Waals surface area contributed by atoms with Crippen molar-refractivity contribution in [2.45, 2.75) is 44.8 Å². The molecule has 1 aromatic heterocycles. The van der Waals surface area contributed by atoms with E-state index in [0.717, 1.165) is 23.4 Å². The van der Waals surface area contributed by atoms with Crippen molar-refractivity contribution in [3.05, 3.63) is 11.1 Å². The van der Waals surface area contributed by atoms with Crippen LogP contribution in [0.5, 0.6) is 0 Å². The van der Waals surface area contributed by atoms with Crippen molar-refractivity contribution in [3.8, 4) is 0 Å². The highest BCUT2D eigenvalue weighted by Gasteiger charge is 2.54. The van der Waals surface area contributed by atoms with Gasteiger partial charge >= 0.3 is 6.03 Å². The van der Waals surface area contributed by atoms with Crippen LogP contribution in [0.15, 0.2) is 5.38 Å². The highest BCUT2D eigenvalue weighted by molar-refractivity contribution is 7.13. The Balaban J connectivity index is 1.33. The zero-order valence-corrected chi connectivity index (χ0v) is 13.7. The van der Waals surface area contributed by atoms with Crippen LogP contribution in [-0.4, -0.2) is 24.2 Å². The Bertz CT molecular complexity index is 561. The predicted molar refractivity (Wildman–Crippen MR) is 85.8 cm³/mol. The first-order valence-electron chi connectivity index (χ1n) is 8.25. The number of urea groups is 1. The second kappa shape index (κ2) is 5.81. The van der Waals surface area contributed by atoms with Crippen molar-refractivity contribution in [1.29, 1.82) is 0 Å². The smallest absolute Gasteiger partial charge is 0.321 e. The van der Waals surface area contributed by atoms with Crippen molar-refractivity contribution < 1.29 is 9.53 Å². The number of nitrogens with zero attached hydrogens (tertiary/aromatic N) is 1. The van der Waals surface area contributed by atoms with E-state index in [0.29, 0.717) is 23.7 Å². The van der Waals surface area contributed by atoms with Crippen LogP contribution in [0.1, 0.15) is 37.8 Å². The molecule has 5 atom stereocenters. The van der Waals surface area contributed by atoms with E-state index in [4.69, 9.17) is 4.74 Å². The molecule has 2 bridgehead atoms. The van der Waals surface area contributed by atoms with E-state index in [9.17, 15) is 4.79 Å². The predicted octanol–water partition coefficient (Wildman–Crippen LogP) is 3.24. The van der Waals surface area contributed by atoms with E-state index in [1.165, 1.54) is 43.4 Å². The van der Waals surface area contributed by atoms with Gasteiger partial charge in [0.25, 0.3) is 0 Å². The molecule has 0 saturated heterocycles. The summed E-state index contributed by atoms with van der Waals surface area (Å²) < 4.78 is 5.04. The van der Waals surface area contributed by atoms with Gasteiger partial charge < -0.3 is 10.1 Å². The zero-order chi connectivity index (χ0) is 15.1. The highest BCUT2D eigenvalue weighted by atomic mass is 32.1. The van der Waals surface area contributed by atoms with Crippen LogP contribution >= 0.6 is 11.3 Å². The summed E-state index contributed by atoms with van der Waals surface area (Å²) in [5.74, 6) is 3.40. The molecule has 3 saturated carbocycles. The molecule has 0 radical (unpaired) electrons. The minimum Gasteiger partial charge on any atom is -0.378 e. The number of thiazole rings is 1. The van der Waals surface area contributed by atoms with E-state index in [-0.39, 0.29) is 6.03 Å². The quantitative estimate of drug-likeness (QED) is 0.895. The molecule has 5 nitrogen and oxygen atoms in total. The number of carbonyl (C=O) groups is 1. The molecular formula is C16H23N3O2S. The Labute approximate surface area is 134 Å². The molecule has 3 aliphatic rings. The van der Waals surface area contributed by atoms with Gasteiger partial charge in [-0.15, -0.1) is 11.3 Å². The standard InChI is InChI=1S/C16H23N3O2S/c1-21-7-10-8-22-16(17-10)19-15(20)18-14-6-9-5-13(14)12-4-2-3-11(9)12/h8-9,11-14H,2-7H2,1H3,(H2,17,18,19,20). The number of rotatable bonds is 4. The number of hydrogen-bond acceptors (Lipinski definition) is 4. The zero-order valence-electron chi connectivity index (χ0n) is 12.9. The molecule has 120 valence electrons. The van der Waals surface area contributed by atoms with Crippen molar-refractivity contribution in [1.82, 2.24) is 10.3 Å². The molecule has 2 amide bonds. The SMILES string of the molecule is COCc1csc(NC(=O)NC2CC3CC2C2CCCC32)n1. The maximum atomic E-state index is 12.2. The van der Waals surface area contributed by atoms with E-state index in [1.54, 1.807) is 7.11 Å². The minimum atomic E-state index is -0.106. The molecule has 6 heteroatoms. The first-order chi connectivity index (χ1) is 10.7. The number of aromatic nitrogens is 1. The van der Waals surface area contributed by atoms with Crippen molar-refractivity contribution in [2.24, 2.45) is 23.7 Å². The summed E-state index contributed by atoms with van der Waals surface area (Å²) in [4.78, 5) is 16.6. The van der Waals surface area contributed by atoms with Crippen LogP contribution in [0.3, 0.4) is 0 Å². The van der Waals surface area contributed by atoms with Gasteiger partial charge in [0.2, 0.25) is 0 Å². The van der Waals surface area contributed by atoms with Crippen molar-refractivity contribution in [3.63, 3.8) is 0 Å². The molecule has 22 heavy (non-hydrogen) atoms. The molecule has 3 aliphatic carbocycles. The maximum absolute atomic E-state index is 12.2. The molecule has 0 aromatic carbocycles. The third kappa shape index (κ3) is 2.52. The average Bonchev–Trinajstić information content (AvgIpc) is 3.19. The number of carbonyl (C=O) groups excluding carboxylic acids is 1. The topological polar surface area (TPSA) is 63.2 Å². The Morgan fingerprint density at radius 3 is 3.09 bits per heavy atom. The summed E-state index contributed by atoms with van der Waals surface area (Å²) >= 11 is 1.44. The summed E-state index contributed by atoms with van der Waals surface area (Å²) in [5.41, 5.74) is 0.858. The van der Waals surface area contributed by atoms with Gasteiger partial charge in [0.05, 0.1) is 12.3 Å². The minimum absolute atomic E-state index is 0.106. The lowest BCUT2D eigenvalue weighted by molar-refractivity contribution is 0.182. The Morgan fingerprint density at radius 1 is 1.36 bits per heavy atom. The van der Waals surface area contributed by atoms with Gasteiger partial charge in [-0.3, -0.25) is 5.32 Å². The van der Waals surface area contributed by atoms with Crippen LogP contribution in [0, 0.1) is 23.7 Å². The fourth-order valence-electron chi connectivity index (χ4n) is 5.11. The fraction of sp³-hybridized carbons (Fsp3) is 0.750. The molecule has 0 aliphatic heterocycles. The second-order valence-electron chi connectivity index (χ2n) is 6.94. The highest BCUT2D eigenvalue weighted by Crippen LogP contribution is 2.58. The lowest BCUT2D eigenvalue weighted by Crippen LogP contribution is -2.44. The third-order valence-corrected chi connectivity index (χ3v) is 6.62. The van der Waals surface area contributed by atoms with Gasteiger partial charge in [0.15, 0.2) is 5.13 Å². The van der Waals surface area contributed by atoms with Gasteiger partial charge in [-0.1, -0.05) is 6.42 Å².